The molecule has 7 heteroatoms. The second-order valence-electron chi connectivity index (χ2n) is 7.02. The van der Waals surface area contributed by atoms with Gasteiger partial charge in [0, 0.05) is 29.7 Å². The van der Waals surface area contributed by atoms with Crippen molar-refractivity contribution in [3.8, 4) is 11.5 Å². The molecule has 1 unspecified atom stereocenters. The summed E-state index contributed by atoms with van der Waals surface area (Å²) in [6, 6.07) is 14.0. The van der Waals surface area contributed by atoms with E-state index in [9.17, 15) is 9.59 Å². The number of carbonyl (C=O) groups excluding carboxylic acids is 2. The molecule has 6 nitrogen and oxygen atoms in total. The summed E-state index contributed by atoms with van der Waals surface area (Å²) in [5.41, 5.74) is 0.592. The molecular weight excluding hydrogens is 392 g/mol. The molecule has 0 aliphatic carbocycles. The molecule has 1 N–H and O–H groups in total. The standard InChI is InChI=1S/C22H25ClN2O4/c1-15(29-20-9-5-17(23)6-10-20)22(27)25-13-11-18(12-14-25)24-21(26)16-3-7-19(28-2)8-4-16/h3-10,15,18H,11-14H2,1-2H3,(H,24,26). The Hall–Kier alpha value is -2.73. The normalized spacial score (nSPS) is 15.5. The van der Waals surface area contributed by atoms with E-state index in [-0.39, 0.29) is 17.9 Å². The average Bonchev–Trinajstić information content (AvgIpc) is 2.75. The van der Waals surface area contributed by atoms with Crippen molar-refractivity contribution in [3.05, 3.63) is 59.1 Å². The van der Waals surface area contributed by atoms with Gasteiger partial charge in [0.15, 0.2) is 6.10 Å². The second-order valence-corrected chi connectivity index (χ2v) is 7.45. The van der Waals surface area contributed by atoms with E-state index in [4.69, 9.17) is 21.1 Å². The van der Waals surface area contributed by atoms with E-state index in [1.165, 1.54) is 0 Å². The van der Waals surface area contributed by atoms with Gasteiger partial charge in [0.05, 0.1) is 7.11 Å². The quantitative estimate of drug-likeness (QED) is 0.782. The number of benzene rings is 2. The van der Waals surface area contributed by atoms with Gasteiger partial charge in [-0.05, 0) is 68.3 Å². The summed E-state index contributed by atoms with van der Waals surface area (Å²) in [6.45, 7) is 2.91. The Bertz CT molecular complexity index is 831. The SMILES string of the molecule is COc1ccc(C(=O)NC2CCN(C(=O)C(C)Oc3ccc(Cl)cc3)CC2)cc1. The monoisotopic (exact) mass is 416 g/mol. The van der Waals surface area contributed by atoms with Crippen LogP contribution in [0.15, 0.2) is 48.5 Å². The highest BCUT2D eigenvalue weighted by Crippen LogP contribution is 2.19. The maximum atomic E-state index is 12.7. The molecule has 1 atom stereocenters. The van der Waals surface area contributed by atoms with Gasteiger partial charge in [-0.25, -0.2) is 0 Å². The largest absolute Gasteiger partial charge is 0.497 e. The molecule has 154 valence electrons. The molecule has 1 aliphatic rings. The number of methoxy groups -OCH3 is 1. The van der Waals surface area contributed by atoms with Gasteiger partial charge in [0.25, 0.3) is 11.8 Å². The first-order chi connectivity index (χ1) is 14.0. The number of carbonyl (C=O) groups is 2. The van der Waals surface area contributed by atoms with Crippen LogP contribution in [0, 0.1) is 0 Å². The molecule has 1 heterocycles. The van der Waals surface area contributed by atoms with Gasteiger partial charge in [0.2, 0.25) is 0 Å². The first-order valence-electron chi connectivity index (χ1n) is 9.62. The van der Waals surface area contributed by atoms with Gasteiger partial charge in [-0.1, -0.05) is 11.6 Å². The van der Waals surface area contributed by atoms with Crippen molar-refractivity contribution in [2.75, 3.05) is 20.2 Å². The first-order valence-corrected chi connectivity index (χ1v) is 10.00. The van der Waals surface area contributed by atoms with Gasteiger partial charge in [-0.2, -0.15) is 0 Å². The summed E-state index contributed by atoms with van der Waals surface area (Å²) < 4.78 is 10.8. The van der Waals surface area contributed by atoms with Crippen LogP contribution in [0.5, 0.6) is 11.5 Å². The Morgan fingerprint density at radius 1 is 1.03 bits per heavy atom. The highest BCUT2D eigenvalue weighted by Gasteiger charge is 2.27. The molecule has 1 fully saturated rings. The van der Waals surface area contributed by atoms with Crippen LogP contribution in [0.2, 0.25) is 5.02 Å². The van der Waals surface area contributed by atoms with Crippen LogP contribution in [-0.2, 0) is 4.79 Å². The van der Waals surface area contributed by atoms with E-state index in [0.717, 1.165) is 0 Å². The molecule has 2 aromatic rings. The molecule has 0 bridgehead atoms. The van der Waals surface area contributed by atoms with Crippen molar-refractivity contribution in [2.45, 2.75) is 31.9 Å². The van der Waals surface area contributed by atoms with Crippen molar-refractivity contribution in [2.24, 2.45) is 0 Å². The molecule has 0 radical (unpaired) electrons. The number of rotatable bonds is 6. The number of nitrogens with one attached hydrogen (secondary N) is 1. The van der Waals surface area contributed by atoms with E-state index >= 15 is 0 Å². The van der Waals surface area contributed by atoms with Crippen molar-refractivity contribution in [1.82, 2.24) is 10.2 Å². The summed E-state index contributed by atoms with van der Waals surface area (Å²) in [6.07, 6.45) is 0.837. The maximum absolute atomic E-state index is 12.7. The Morgan fingerprint density at radius 3 is 2.21 bits per heavy atom. The summed E-state index contributed by atoms with van der Waals surface area (Å²) in [5.74, 6) is 1.15. The molecule has 2 aromatic carbocycles. The zero-order valence-electron chi connectivity index (χ0n) is 16.6. The van der Waals surface area contributed by atoms with Crippen LogP contribution in [0.4, 0.5) is 0 Å². The molecular formula is C22H25ClN2O4. The van der Waals surface area contributed by atoms with E-state index in [1.54, 1.807) is 67.5 Å². The predicted molar refractivity (Wildman–Crippen MR) is 112 cm³/mol. The lowest BCUT2D eigenvalue weighted by atomic mass is 10.0. The summed E-state index contributed by atoms with van der Waals surface area (Å²) in [4.78, 5) is 26.8. The summed E-state index contributed by atoms with van der Waals surface area (Å²) >= 11 is 5.87. The Morgan fingerprint density at radius 2 is 1.62 bits per heavy atom. The highest BCUT2D eigenvalue weighted by molar-refractivity contribution is 6.30. The molecule has 0 aromatic heterocycles. The lowest BCUT2D eigenvalue weighted by Gasteiger charge is -2.33. The highest BCUT2D eigenvalue weighted by atomic mass is 35.5. The predicted octanol–water partition coefficient (Wildman–Crippen LogP) is 3.54. The summed E-state index contributed by atoms with van der Waals surface area (Å²) in [5, 5.41) is 3.67. The number of amides is 2. The van der Waals surface area contributed by atoms with Crippen molar-refractivity contribution >= 4 is 23.4 Å². The molecule has 0 saturated carbocycles. The van der Waals surface area contributed by atoms with Crippen LogP contribution < -0.4 is 14.8 Å². The molecule has 29 heavy (non-hydrogen) atoms. The Kier molecular flexibility index (Phi) is 6.99. The zero-order chi connectivity index (χ0) is 20.8. The third-order valence-corrected chi connectivity index (χ3v) is 5.22. The number of halogens is 1. The lowest BCUT2D eigenvalue weighted by Crippen LogP contribution is -2.49. The van der Waals surface area contributed by atoms with E-state index < -0.39 is 6.10 Å². The van der Waals surface area contributed by atoms with Crippen LogP contribution in [0.1, 0.15) is 30.1 Å². The Balaban J connectivity index is 1.47. The van der Waals surface area contributed by atoms with Crippen LogP contribution in [0.25, 0.3) is 0 Å². The van der Waals surface area contributed by atoms with Crippen LogP contribution in [-0.4, -0.2) is 49.1 Å². The number of ether oxygens (including phenoxy) is 2. The van der Waals surface area contributed by atoms with Crippen molar-refractivity contribution in [3.63, 3.8) is 0 Å². The first kappa shape index (κ1) is 21.0. The molecule has 0 spiro atoms. The molecule has 3 rings (SSSR count). The lowest BCUT2D eigenvalue weighted by molar-refractivity contribution is -0.139. The van der Waals surface area contributed by atoms with Crippen LogP contribution in [0.3, 0.4) is 0 Å². The fourth-order valence-electron chi connectivity index (χ4n) is 3.28. The van der Waals surface area contributed by atoms with Crippen molar-refractivity contribution in [1.29, 1.82) is 0 Å². The van der Waals surface area contributed by atoms with Gasteiger partial charge in [-0.15, -0.1) is 0 Å². The molecule has 1 aliphatic heterocycles. The minimum Gasteiger partial charge on any atom is -0.497 e. The fraction of sp³-hybridized carbons (Fsp3) is 0.364. The minimum absolute atomic E-state index is 0.0427. The Labute approximate surface area is 175 Å². The van der Waals surface area contributed by atoms with Crippen LogP contribution >= 0.6 is 11.6 Å². The molecule has 1 saturated heterocycles. The number of hydrogen-bond acceptors (Lipinski definition) is 4. The van der Waals surface area contributed by atoms with Gasteiger partial charge in [-0.3, -0.25) is 9.59 Å². The zero-order valence-corrected chi connectivity index (χ0v) is 17.3. The topological polar surface area (TPSA) is 67.9 Å². The second kappa shape index (κ2) is 9.65. The van der Waals surface area contributed by atoms with E-state index in [1.807, 2.05) is 0 Å². The van der Waals surface area contributed by atoms with Gasteiger partial charge >= 0.3 is 0 Å². The number of nitrogens with zero attached hydrogens (tertiary/aromatic N) is 1. The van der Waals surface area contributed by atoms with E-state index in [0.29, 0.717) is 48.0 Å². The van der Waals surface area contributed by atoms with Gasteiger partial charge < -0.3 is 19.7 Å². The number of hydrogen-bond donors (Lipinski definition) is 1. The third-order valence-electron chi connectivity index (χ3n) is 4.97. The molecule has 2 amide bonds. The number of likely N-dealkylation sites (tertiary alicyclic amines) is 1. The van der Waals surface area contributed by atoms with Crippen molar-refractivity contribution < 1.29 is 19.1 Å². The summed E-state index contributed by atoms with van der Waals surface area (Å²) in [7, 11) is 1.59. The number of piperidine rings is 1. The van der Waals surface area contributed by atoms with E-state index in [2.05, 4.69) is 5.32 Å². The maximum Gasteiger partial charge on any atom is 0.263 e. The fourth-order valence-corrected chi connectivity index (χ4v) is 3.41. The third kappa shape index (κ3) is 5.64. The van der Waals surface area contributed by atoms with Gasteiger partial charge in [0.1, 0.15) is 11.5 Å². The minimum atomic E-state index is -0.582. The average molecular weight is 417 g/mol. The smallest absolute Gasteiger partial charge is 0.263 e.